The molecule has 0 aromatic heterocycles. The monoisotopic (exact) mass is 282 g/mol. The molecule has 0 amide bonds. The summed E-state index contributed by atoms with van der Waals surface area (Å²) in [5.41, 5.74) is 4.06. The van der Waals surface area contributed by atoms with Crippen molar-refractivity contribution in [1.82, 2.24) is 0 Å². The first-order valence-corrected chi connectivity index (χ1v) is 8.20. The van der Waals surface area contributed by atoms with Crippen molar-refractivity contribution in [2.45, 2.75) is 38.6 Å². The molecule has 0 aromatic carbocycles. The van der Waals surface area contributed by atoms with Gasteiger partial charge in [0.25, 0.3) is 0 Å². The minimum absolute atomic E-state index is 0.0732. The van der Waals surface area contributed by atoms with Gasteiger partial charge in [0.1, 0.15) is 0 Å². The summed E-state index contributed by atoms with van der Waals surface area (Å²) in [6.45, 7) is 8.44. The maximum Gasteiger partial charge on any atom is 0.175 e. The van der Waals surface area contributed by atoms with Crippen LogP contribution in [0.25, 0.3) is 0 Å². The summed E-state index contributed by atoms with van der Waals surface area (Å²) in [5.74, 6) is 1.02. The summed E-state index contributed by atoms with van der Waals surface area (Å²) in [4.78, 5) is 0. The molecule has 0 radical (unpaired) electrons. The van der Waals surface area contributed by atoms with Gasteiger partial charge in [-0.1, -0.05) is 6.08 Å². The maximum absolute atomic E-state index is 5.94. The van der Waals surface area contributed by atoms with Crippen LogP contribution in [0.3, 0.4) is 0 Å². The lowest BCUT2D eigenvalue weighted by Crippen LogP contribution is -2.16. The van der Waals surface area contributed by atoms with Crippen molar-refractivity contribution >= 4 is 21.6 Å². The number of hydrogen-bond acceptors (Lipinski definition) is 4. The quantitative estimate of drug-likeness (QED) is 0.693. The lowest BCUT2D eigenvalue weighted by atomic mass is 10.0. The van der Waals surface area contributed by atoms with Crippen LogP contribution in [-0.4, -0.2) is 10.9 Å². The molecule has 2 heterocycles. The van der Waals surface area contributed by atoms with E-state index in [0.717, 1.165) is 5.76 Å². The van der Waals surface area contributed by atoms with Crippen LogP contribution in [-0.2, 0) is 9.47 Å². The molecule has 0 spiro atoms. The second kappa shape index (κ2) is 5.93. The van der Waals surface area contributed by atoms with Gasteiger partial charge >= 0.3 is 0 Å². The second-order valence-corrected chi connectivity index (χ2v) is 6.78. The molecule has 0 saturated carbocycles. The van der Waals surface area contributed by atoms with Crippen LogP contribution >= 0.6 is 21.6 Å². The van der Waals surface area contributed by atoms with Crippen molar-refractivity contribution in [3.05, 3.63) is 47.0 Å². The van der Waals surface area contributed by atoms with Gasteiger partial charge in [-0.2, -0.15) is 0 Å². The Labute approximate surface area is 117 Å². The van der Waals surface area contributed by atoms with Crippen molar-refractivity contribution in [1.29, 1.82) is 0 Å². The second-order valence-electron chi connectivity index (χ2n) is 4.35. The molecule has 0 fully saturated rings. The SMILES string of the molecule is CC1=C(C)C(C)=C(C)C(SSC2C=CC=CO2)O1. The standard InChI is InChI=1S/C14H18O2S2/c1-9-10(2)12(4)16-14(11(9)3)18-17-13-7-5-6-8-15-13/h5-8,13-14H,1-4H3. The van der Waals surface area contributed by atoms with Crippen molar-refractivity contribution in [2.75, 3.05) is 0 Å². The van der Waals surface area contributed by atoms with Crippen LogP contribution in [0.15, 0.2) is 47.0 Å². The van der Waals surface area contributed by atoms with E-state index < -0.39 is 0 Å². The van der Waals surface area contributed by atoms with Gasteiger partial charge in [0, 0.05) is 0 Å². The van der Waals surface area contributed by atoms with E-state index in [0.29, 0.717) is 0 Å². The van der Waals surface area contributed by atoms with Crippen molar-refractivity contribution < 1.29 is 9.47 Å². The molecule has 0 bridgehead atoms. The van der Waals surface area contributed by atoms with Gasteiger partial charge in [0.2, 0.25) is 0 Å². The molecular weight excluding hydrogens is 264 g/mol. The summed E-state index contributed by atoms with van der Waals surface area (Å²) < 4.78 is 11.4. The molecule has 0 aliphatic carbocycles. The van der Waals surface area contributed by atoms with E-state index in [1.807, 2.05) is 25.2 Å². The Morgan fingerprint density at radius 1 is 1.00 bits per heavy atom. The van der Waals surface area contributed by atoms with Gasteiger partial charge in [-0.3, -0.25) is 0 Å². The largest absolute Gasteiger partial charge is 0.482 e. The lowest BCUT2D eigenvalue weighted by molar-refractivity contribution is 0.205. The topological polar surface area (TPSA) is 18.5 Å². The van der Waals surface area contributed by atoms with Crippen molar-refractivity contribution in [2.24, 2.45) is 0 Å². The summed E-state index contributed by atoms with van der Waals surface area (Å²) in [6.07, 6.45) is 7.67. The predicted octanol–water partition coefficient (Wildman–Crippen LogP) is 4.78. The van der Waals surface area contributed by atoms with E-state index in [1.165, 1.54) is 16.7 Å². The lowest BCUT2D eigenvalue weighted by Gasteiger charge is -2.28. The van der Waals surface area contributed by atoms with E-state index in [4.69, 9.17) is 9.47 Å². The molecule has 4 heteroatoms. The summed E-state index contributed by atoms with van der Waals surface area (Å²) >= 11 is 0. The Hall–Kier alpha value is -0.740. The third-order valence-electron chi connectivity index (χ3n) is 3.23. The number of hydrogen-bond donors (Lipinski definition) is 0. The van der Waals surface area contributed by atoms with Crippen LogP contribution in [0.4, 0.5) is 0 Å². The van der Waals surface area contributed by atoms with Crippen LogP contribution in [0.2, 0.25) is 0 Å². The first kappa shape index (κ1) is 13.7. The number of rotatable bonds is 3. The molecule has 0 aromatic rings. The summed E-state index contributed by atoms with van der Waals surface area (Å²) in [5, 5.41) is 0. The number of ether oxygens (including phenoxy) is 2. The van der Waals surface area contributed by atoms with Crippen molar-refractivity contribution in [3.63, 3.8) is 0 Å². The zero-order valence-corrected chi connectivity index (χ0v) is 12.7. The van der Waals surface area contributed by atoms with Gasteiger partial charge in [0.05, 0.1) is 12.0 Å². The van der Waals surface area contributed by atoms with Crippen molar-refractivity contribution in [3.8, 4) is 0 Å². The average Bonchev–Trinajstić information content (AvgIpc) is 2.40. The van der Waals surface area contributed by atoms with Crippen LogP contribution in [0.5, 0.6) is 0 Å². The zero-order valence-electron chi connectivity index (χ0n) is 11.1. The minimum Gasteiger partial charge on any atom is -0.482 e. The molecule has 2 atom stereocenters. The fourth-order valence-corrected chi connectivity index (χ4v) is 4.18. The molecule has 0 saturated heterocycles. The minimum atomic E-state index is 0.0732. The smallest absolute Gasteiger partial charge is 0.175 e. The Morgan fingerprint density at radius 3 is 2.44 bits per heavy atom. The van der Waals surface area contributed by atoms with E-state index in [-0.39, 0.29) is 10.9 Å². The van der Waals surface area contributed by atoms with Gasteiger partial charge in [-0.25, -0.2) is 0 Å². The third kappa shape index (κ3) is 2.98. The molecule has 2 aliphatic rings. The normalized spacial score (nSPS) is 27.3. The van der Waals surface area contributed by atoms with E-state index in [9.17, 15) is 0 Å². The average molecular weight is 282 g/mol. The predicted molar refractivity (Wildman–Crippen MR) is 80.0 cm³/mol. The highest BCUT2D eigenvalue weighted by Crippen LogP contribution is 2.41. The fourth-order valence-electron chi connectivity index (χ4n) is 1.69. The molecule has 2 nitrogen and oxygen atoms in total. The van der Waals surface area contributed by atoms with Gasteiger partial charge in [0.15, 0.2) is 10.9 Å². The van der Waals surface area contributed by atoms with E-state index >= 15 is 0 Å². The molecule has 2 rings (SSSR count). The van der Waals surface area contributed by atoms with Gasteiger partial charge in [-0.05, 0) is 78.2 Å². The summed E-state index contributed by atoms with van der Waals surface area (Å²) in [7, 11) is 3.40. The van der Waals surface area contributed by atoms with Gasteiger partial charge < -0.3 is 9.47 Å². The number of allylic oxidation sites excluding steroid dienone is 5. The Morgan fingerprint density at radius 2 is 1.78 bits per heavy atom. The maximum atomic E-state index is 5.94. The van der Waals surface area contributed by atoms with Crippen LogP contribution in [0, 0.1) is 0 Å². The molecular formula is C14H18O2S2. The molecule has 2 aliphatic heterocycles. The zero-order chi connectivity index (χ0) is 13.1. The third-order valence-corrected chi connectivity index (χ3v) is 5.85. The highest BCUT2D eigenvalue weighted by molar-refractivity contribution is 8.77. The fraction of sp³-hybridized carbons (Fsp3) is 0.429. The Kier molecular flexibility index (Phi) is 4.51. The Bertz CT molecular complexity index is 447. The molecule has 2 unspecified atom stereocenters. The Balaban J connectivity index is 1.95. The first-order chi connectivity index (χ1) is 8.59. The van der Waals surface area contributed by atoms with E-state index in [2.05, 4.69) is 20.8 Å². The first-order valence-electron chi connectivity index (χ1n) is 5.92. The molecule has 18 heavy (non-hydrogen) atoms. The highest BCUT2D eigenvalue weighted by atomic mass is 33.1. The van der Waals surface area contributed by atoms with Crippen LogP contribution < -0.4 is 0 Å². The van der Waals surface area contributed by atoms with Gasteiger partial charge in [-0.15, -0.1) is 0 Å². The van der Waals surface area contributed by atoms with Crippen LogP contribution in [0.1, 0.15) is 27.7 Å². The van der Waals surface area contributed by atoms with E-state index in [1.54, 1.807) is 27.8 Å². The highest BCUT2D eigenvalue weighted by Gasteiger charge is 2.24. The molecule has 0 N–H and O–H groups in total. The summed E-state index contributed by atoms with van der Waals surface area (Å²) in [6, 6.07) is 0. The molecule has 98 valence electrons.